The second-order valence-electron chi connectivity index (χ2n) is 3.60. The third kappa shape index (κ3) is 2.66. The summed E-state index contributed by atoms with van der Waals surface area (Å²) in [6, 6.07) is 15.8. The third-order valence-corrected chi connectivity index (χ3v) is 2.55. The Kier molecular flexibility index (Phi) is 3.29. The zero-order chi connectivity index (χ0) is 11.4. The van der Waals surface area contributed by atoms with E-state index < -0.39 is 0 Å². The zero-order valence-electron chi connectivity index (χ0n) is 9.00. The molecule has 16 heavy (non-hydrogen) atoms. The van der Waals surface area contributed by atoms with Crippen molar-refractivity contribution in [3.05, 3.63) is 70.2 Å². The SMILES string of the molecule is Cc1ccc(C#Cc2ccccc2)c(Cl)c1. The van der Waals surface area contributed by atoms with Gasteiger partial charge in [0, 0.05) is 11.1 Å². The summed E-state index contributed by atoms with van der Waals surface area (Å²) < 4.78 is 0. The first-order chi connectivity index (χ1) is 7.75. The molecule has 0 aliphatic rings. The minimum atomic E-state index is 0.712. The highest BCUT2D eigenvalue weighted by molar-refractivity contribution is 6.31. The van der Waals surface area contributed by atoms with Gasteiger partial charge in [0.25, 0.3) is 0 Å². The van der Waals surface area contributed by atoms with Crippen LogP contribution in [0.15, 0.2) is 48.5 Å². The van der Waals surface area contributed by atoms with Gasteiger partial charge in [-0.15, -0.1) is 0 Å². The molecule has 2 rings (SSSR count). The number of rotatable bonds is 0. The van der Waals surface area contributed by atoms with Crippen LogP contribution in [0.2, 0.25) is 5.02 Å². The molecule has 1 heteroatoms. The van der Waals surface area contributed by atoms with Gasteiger partial charge in [-0.25, -0.2) is 0 Å². The van der Waals surface area contributed by atoms with Gasteiger partial charge in [0.1, 0.15) is 0 Å². The summed E-state index contributed by atoms with van der Waals surface area (Å²) >= 11 is 6.09. The number of hydrogen-bond acceptors (Lipinski definition) is 0. The number of hydrogen-bond donors (Lipinski definition) is 0. The van der Waals surface area contributed by atoms with Crippen LogP contribution in [0, 0.1) is 18.8 Å². The van der Waals surface area contributed by atoms with E-state index in [1.54, 1.807) is 0 Å². The molecular weight excluding hydrogens is 216 g/mol. The summed E-state index contributed by atoms with van der Waals surface area (Å²) in [5, 5.41) is 0.712. The van der Waals surface area contributed by atoms with Gasteiger partial charge in [0.05, 0.1) is 5.02 Å². The van der Waals surface area contributed by atoms with Crippen LogP contribution in [0.25, 0.3) is 0 Å². The lowest BCUT2D eigenvalue weighted by atomic mass is 10.1. The Hall–Kier alpha value is -1.71. The van der Waals surface area contributed by atoms with Gasteiger partial charge in [0.2, 0.25) is 0 Å². The smallest absolute Gasteiger partial charge is 0.0565 e. The average molecular weight is 227 g/mol. The fourth-order valence-electron chi connectivity index (χ4n) is 1.38. The number of benzene rings is 2. The molecule has 0 heterocycles. The van der Waals surface area contributed by atoms with E-state index in [2.05, 4.69) is 11.8 Å². The van der Waals surface area contributed by atoms with Crippen LogP contribution in [0.3, 0.4) is 0 Å². The minimum absolute atomic E-state index is 0.712. The van der Waals surface area contributed by atoms with Crippen LogP contribution >= 0.6 is 11.6 Å². The molecule has 0 saturated heterocycles. The van der Waals surface area contributed by atoms with Crippen LogP contribution < -0.4 is 0 Å². The van der Waals surface area contributed by atoms with Crippen molar-refractivity contribution in [3.8, 4) is 11.8 Å². The lowest BCUT2D eigenvalue weighted by Gasteiger charge is -1.96. The monoisotopic (exact) mass is 226 g/mol. The van der Waals surface area contributed by atoms with E-state index in [1.165, 1.54) is 0 Å². The molecule has 0 fully saturated rings. The molecule has 0 spiro atoms. The van der Waals surface area contributed by atoms with Crippen molar-refractivity contribution in [2.45, 2.75) is 6.92 Å². The minimum Gasteiger partial charge on any atom is -0.0830 e. The van der Waals surface area contributed by atoms with E-state index in [-0.39, 0.29) is 0 Å². The number of halogens is 1. The van der Waals surface area contributed by atoms with E-state index in [9.17, 15) is 0 Å². The maximum atomic E-state index is 6.09. The molecule has 0 aliphatic heterocycles. The number of aryl methyl sites for hydroxylation is 1. The molecule has 0 atom stereocenters. The van der Waals surface area contributed by atoms with E-state index in [0.29, 0.717) is 5.02 Å². The maximum Gasteiger partial charge on any atom is 0.0565 e. The average Bonchev–Trinajstić information content (AvgIpc) is 2.29. The fourth-order valence-corrected chi connectivity index (χ4v) is 1.66. The Morgan fingerprint density at radius 3 is 2.38 bits per heavy atom. The Bertz CT molecular complexity index is 545. The Morgan fingerprint density at radius 2 is 1.69 bits per heavy atom. The van der Waals surface area contributed by atoms with E-state index in [0.717, 1.165) is 16.7 Å². The highest BCUT2D eigenvalue weighted by Crippen LogP contribution is 2.16. The molecular formula is C15H11Cl. The molecule has 0 unspecified atom stereocenters. The van der Waals surface area contributed by atoms with Crippen LogP contribution in [0.5, 0.6) is 0 Å². The van der Waals surface area contributed by atoms with Gasteiger partial charge < -0.3 is 0 Å². The normalized spacial score (nSPS) is 9.38. The first kappa shape index (κ1) is 10.8. The Morgan fingerprint density at radius 1 is 0.938 bits per heavy atom. The van der Waals surface area contributed by atoms with Crippen LogP contribution in [-0.2, 0) is 0 Å². The summed E-state index contributed by atoms with van der Waals surface area (Å²) in [6.45, 7) is 2.01. The quantitative estimate of drug-likeness (QED) is 0.595. The van der Waals surface area contributed by atoms with Gasteiger partial charge in [-0.1, -0.05) is 47.7 Å². The van der Waals surface area contributed by atoms with Gasteiger partial charge in [0.15, 0.2) is 0 Å². The third-order valence-electron chi connectivity index (χ3n) is 2.24. The van der Waals surface area contributed by atoms with Crippen molar-refractivity contribution < 1.29 is 0 Å². The summed E-state index contributed by atoms with van der Waals surface area (Å²) in [5.41, 5.74) is 3.02. The van der Waals surface area contributed by atoms with Crippen LogP contribution in [-0.4, -0.2) is 0 Å². The molecule has 0 aromatic heterocycles. The van der Waals surface area contributed by atoms with Crippen molar-refractivity contribution in [1.29, 1.82) is 0 Å². The van der Waals surface area contributed by atoms with Crippen molar-refractivity contribution in [1.82, 2.24) is 0 Å². The molecule has 0 nitrogen and oxygen atoms in total. The first-order valence-electron chi connectivity index (χ1n) is 5.09. The molecule has 0 amide bonds. The molecule has 2 aromatic rings. The Labute approximate surface area is 101 Å². The first-order valence-corrected chi connectivity index (χ1v) is 5.47. The van der Waals surface area contributed by atoms with Gasteiger partial charge in [-0.2, -0.15) is 0 Å². The molecule has 2 aromatic carbocycles. The van der Waals surface area contributed by atoms with Gasteiger partial charge in [-0.05, 0) is 36.8 Å². The van der Waals surface area contributed by atoms with Gasteiger partial charge in [-0.3, -0.25) is 0 Å². The highest BCUT2D eigenvalue weighted by Gasteiger charge is 1.95. The van der Waals surface area contributed by atoms with Gasteiger partial charge >= 0.3 is 0 Å². The van der Waals surface area contributed by atoms with Crippen LogP contribution in [0.1, 0.15) is 16.7 Å². The largest absolute Gasteiger partial charge is 0.0830 e. The zero-order valence-corrected chi connectivity index (χ0v) is 9.75. The standard InChI is InChI=1S/C15H11Cl/c1-12-7-9-14(15(16)11-12)10-8-13-5-3-2-4-6-13/h2-7,9,11H,1H3. The second-order valence-corrected chi connectivity index (χ2v) is 4.01. The molecule has 0 saturated carbocycles. The lowest BCUT2D eigenvalue weighted by molar-refractivity contribution is 1.46. The lowest BCUT2D eigenvalue weighted by Crippen LogP contribution is -1.79. The fraction of sp³-hybridized carbons (Fsp3) is 0.0667. The van der Waals surface area contributed by atoms with E-state index in [1.807, 2.05) is 55.5 Å². The second kappa shape index (κ2) is 4.88. The summed E-state index contributed by atoms with van der Waals surface area (Å²) in [5.74, 6) is 6.16. The maximum absolute atomic E-state index is 6.09. The summed E-state index contributed by atoms with van der Waals surface area (Å²) in [4.78, 5) is 0. The molecule has 0 bridgehead atoms. The summed E-state index contributed by atoms with van der Waals surface area (Å²) in [7, 11) is 0. The topological polar surface area (TPSA) is 0 Å². The van der Waals surface area contributed by atoms with E-state index in [4.69, 9.17) is 11.6 Å². The molecule has 0 radical (unpaired) electrons. The predicted molar refractivity (Wildman–Crippen MR) is 68.6 cm³/mol. The summed E-state index contributed by atoms with van der Waals surface area (Å²) in [6.07, 6.45) is 0. The molecule has 78 valence electrons. The highest BCUT2D eigenvalue weighted by atomic mass is 35.5. The van der Waals surface area contributed by atoms with Crippen molar-refractivity contribution >= 4 is 11.6 Å². The van der Waals surface area contributed by atoms with E-state index >= 15 is 0 Å². The van der Waals surface area contributed by atoms with Crippen molar-refractivity contribution in [3.63, 3.8) is 0 Å². The molecule has 0 N–H and O–H groups in total. The molecule has 0 aliphatic carbocycles. The predicted octanol–water partition coefficient (Wildman–Crippen LogP) is 4.05. The van der Waals surface area contributed by atoms with Crippen molar-refractivity contribution in [2.24, 2.45) is 0 Å². The Balaban J connectivity index is 2.31. The van der Waals surface area contributed by atoms with Crippen molar-refractivity contribution in [2.75, 3.05) is 0 Å². The van der Waals surface area contributed by atoms with Crippen LogP contribution in [0.4, 0.5) is 0 Å².